The molecular weight excluding hydrogens is 336 g/mol. The van der Waals surface area contributed by atoms with Gasteiger partial charge >= 0.3 is 0 Å². The summed E-state index contributed by atoms with van der Waals surface area (Å²) < 4.78 is 11.3. The minimum absolute atomic E-state index is 0.0168. The van der Waals surface area contributed by atoms with Crippen LogP contribution in [0.4, 0.5) is 0 Å². The van der Waals surface area contributed by atoms with E-state index < -0.39 is 5.60 Å². The number of ether oxygens (including phenoxy) is 1. The van der Waals surface area contributed by atoms with Gasteiger partial charge in [0.15, 0.2) is 11.5 Å². The molecule has 3 rings (SSSR count). The summed E-state index contributed by atoms with van der Waals surface area (Å²) in [5.74, 6) is 0.563. The maximum atomic E-state index is 10.3. The predicted octanol–water partition coefficient (Wildman–Crippen LogP) is 3.93. The summed E-state index contributed by atoms with van der Waals surface area (Å²) in [5, 5.41) is 40.4. The third-order valence-electron chi connectivity index (χ3n) is 4.21. The molecule has 0 radical (unpaired) electrons. The number of hydrogen-bond donors (Lipinski definition) is 4. The van der Waals surface area contributed by atoms with Gasteiger partial charge in [0.2, 0.25) is 0 Å². The minimum Gasteiger partial charge on any atom is -0.508 e. The van der Waals surface area contributed by atoms with Gasteiger partial charge in [-0.1, -0.05) is 0 Å². The molecule has 1 aromatic heterocycles. The van der Waals surface area contributed by atoms with Crippen LogP contribution in [-0.2, 0) is 6.42 Å². The van der Waals surface area contributed by atoms with Crippen molar-refractivity contribution in [2.24, 2.45) is 0 Å². The molecule has 0 aliphatic rings. The van der Waals surface area contributed by atoms with Crippen molar-refractivity contribution in [3.8, 4) is 34.3 Å². The van der Waals surface area contributed by atoms with Gasteiger partial charge < -0.3 is 29.6 Å². The lowest BCUT2D eigenvalue weighted by Gasteiger charge is -2.18. The molecule has 0 aliphatic heterocycles. The van der Waals surface area contributed by atoms with Crippen molar-refractivity contribution in [1.29, 1.82) is 0 Å². The average Bonchev–Trinajstić information content (AvgIpc) is 2.94. The number of furan rings is 1. The Hall–Kier alpha value is -2.86. The van der Waals surface area contributed by atoms with E-state index in [-0.39, 0.29) is 17.2 Å². The number of aromatic hydroxyl groups is 3. The molecule has 0 saturated carbocycles. The third kappa shape index (κ3) is 3.55. The van der Waals surface area contributed by atoms with Crippen molar-refractivity contribution < 1.29 is 29.6 Å². The number of phenols is 3. The van der Waals surface area contributed by atoms with E-state index in [0.29, 0.717) is 46.4 Å². The second-order valence-electron chi connectivity index (χ2n) is 6.99. The Morgan fingerprint density at radius 1 is 1.00 bits per heavy atom. The van der Waals surface area contributed by atoms with Crippen LogP contribution >= 0.6 is 0 Å². The monoisotopic (exact) mass is 358 g/mol. The van der Waals surface area contributed by atoms with E-state index in [1.807, 2.05) is 0 Å². The number of aliphatic hydroxyl groups is 1. The summed E-state index contributed by atoms with van der Waals surface area (Å²) in [6.07, 6.45) is 0.890. The van der Waals surface area contributed by atoms with E-state index in [9.17, 15) is 20.4 Å². The Balaban J connectivity index is 2.16. The van der Waals surface area contributed by atoms with Crippen LogP contribution in [0, 0.1) is 0 Å². The van der Waals surface area contributed by atoms with E-state index in [1.54, 1.807) is 19.9 Å². The van der Waals surface area contributed by atoms with Crippen LogP contribution in [0.15, 0.2) is 34.7 Å². The number of methoxy groups -OCH3 is 1. The topological polar surface area (TPSA) is 103 Å². The zero-order valence-electron chi connectivity index (χ0n) is 14.9. The number of benzene rings is 2. The lowest BCUT2D eigenvalue weighted by molar-refractivity contribution is 0.0712. The lowest BCUT2D eigenvalue weighted by atomic mass is 9.97. The fourth-order valence-electron chi connectivity index (χ4n) is 2.98. The van der Waals surface area contributed by atoms with Crippen LogP contribution < -0.4 is 4.74 Å². The Labute approximate surface area is 150 Å². The first-order chi connectivity index (χ1) is 12.2. The van der Waals surface area contributed by atoms with Gasteiger partial charge in [-0.05, 0) is 51.0 Å². The van der Waals surface area contributed by atoms with Gasteiger partial charge in [-0.3, -0.25) is 0 Å². The quantitative estimate of drug-likeness (QED) is 0.551. The molecule has 0 fully saturated rings. The fourth-order valence-corrected chi connectivity index (χ4v) is 2.98. The SMILES string of the molecule is COc1c(O)cc2cc(-c3cc(O)cc(O)c3)oc2c1CCC(C)(C)O. The number of fused-ring (bicyclic) bond motifs is 1. The molecule has 0 unspecified atom stereocenters. The summed E-state index contributed by atoms with van der Waals surface area (Å²) in [5.41, 5.74) is 0.808. The highest BCUT2D eigenvalue weighted by atomic mass is 16.5. The van der Waals surface area contributed by atoms with Crippen molar-refractivity contribution in [2.75, 3.05) is 7.11 Å². The molecule has 0 spiro atoms. The second-order valence-corrected chi connectivity index (χ2v) is 6.99. The highest BCUT2D eigenvalue weighted by molar-refractivity contribution is 5.89. The van der Waals surface area contributed by atoms with Crippen molar-refractivity contribution in [3.05, 3.63) is 35.9 Å². The fraction of sp³-hybridized carbons (Fsp3) is 0.300. The Morgan fingerprint density at radius 3 is 2.23 bits per heavy atom. The first-order valence-corrected chi connectivity index (χ1v) is 8.26. The number of hydrogen-bond acceptors (Lipinski definition) is 6. The molecule has 138 valence electrons. The molecule has 6 heteroatoms. The molecule has 3 aromatic rings. The van der Waals surface area contributed by atoms with E-state index in [2.05, 4.69) is 0 Å². The van der Waals surface area contributed by atoms with Gasteiger partial charge in [-0.2, -0.15) is 0 Å². The first-order valence-electron chi connectivity index (χ1n) is 8.26. The van der Waals surface area contributed by atoms with Crippen LogP contribution in [-0.4, -0.2) is 33.1 Å². The van der Waals surface area contributed by atoms with E-state index in [0.717, 1.165) is 0 Å². The first kappa shape index (κ1) is 17.9. The zero-order chi connectivity index (χ0) is 19.1. The highest BCUT2D eigenvalue weighted by Crippen LogP contribution is 2.42. The largest absolute Gasteiger partial charge is 0.508 e. The average molecular weight is 358 g/mol. The molecule has 4 N–H and O–H groups in total. The molecule has 0 saturated heterocycles. The molecule has 0 bridgehead atoms. The van der Waals surface area contributed by atoms with Gasteiger partial charge in [0, 0.05) is 22.6 Å². The molecular formula is C20H22O6. The molecule has 1 heterocycles. The van der Waals surface area contributed by atoms with Gasteiger partial charge in [0.1, 0.15) is 22.8 Å². The Kier molecular flexibility index (Phi) is 4.46. The number of aryl methyl sites for hydroxylation is 1. The smallest absolute Gasteiger partial charge is 0.167 e. The summed E-state index contributed by atoms with van der Waals surface area (Å²) in [7, 11) is 1.46. The van der Waals surface area contributed by atoms with Crippen LogP contribution in [0.1, 0.15) is 25.8 Å². The van der Waals surface area contributed by atoms with E-state index in [1.165, 1.54) is 31.4 Å². The molecule has 0 atom stereocenters. The highest BCUT2D eigenvalue weighted by Gasteiger charge is 2.21. The maximum Gasteiger partial charge on any atom is 0.167 e. The van der Waals surface area contributed by atoms with Crippen LogP contribution in [0.5, 0.6) is 23.0 Å². The molecule has 6 nitrogen and oxygen atoms in total. The third-order valence-corrected chi connectivity index (χ3v) is 4.21. The van der Waals surface area contributed by atoms with Crippen LogP contribution in [0.3, 0.4) is 0 Å². The Bertz CT molecular complexity index is 929. The molecule has 26 heavy (non-hydrogen) atoms. The van der Waals surface area contributed by atoms with Crippen molar-refractivity contribution in [3.63, 3.8) is 0 Å². The second kappa shape index (κ2) is 6.46. The lowest BCUT2D eigenvalue weighted by Crippen LogP contribution is -2.19. The summed E-state index contributed by atoms with van der Waals surface area (Å²) in [4.78, 5) is 0. The van der Waals surface area contributed by atoms with Crippen molar-refractivity contribution >= 4 is 11.0 Å². The molecule has 0 amide bonds. The minimum atomic E-state index is -0.880. The number of phenolic OH excluding ortho intramolecular Hbond substituents is 3. The summed E-state index contributed by atoms with van der Waals surface area (Å²) in [6.45, 7) is 3.42. The van der Waals surface area contributed by atoms with Gasteiger partial charge in [0.25, 0.3) is 0 Å². The van der Waals surface area contributed by atoms with Crippen molar-refractivity contribution in [2.45, 2.75) is 32.3 Å². The van der Waals surface area contributed by atoms with Gasteiger partial charge in [0.05, 0.1) is 12.7 Å². The number of rotatable bonds is 5. The predicted molar refractivity (Wildman–Crippen MR) is 97.8 cm³/mol. The van der Waals surface area contributed by atoms with Gasteiger partial charge in [-0.25, -0.2) is 0 Å². The van der Waals surface area contributed by atoms with E-state index in [4.69, 9.17) is 9.15 Å². The van der Waals surface area contributed by atoms with Crippen molar-refractivity contribution in [1.82, 2.24) is 0 Å². The summed E-state index contributed by atoms with van der Waals surface area (Å²) in [6, 6.07) is 7.44. The van der Waals surface area contributed by atoms with Crippen LogP contribution in [0.2, 0.25) is 0 Å². The normalized spacial score (nSPS) is 11.8. The standard InChI is InChI=1S/C20H22O6/c1-20(2,24)5-4-15-18-12(8-16(23)19(15)25-3)9-17(26-18)11-6-13(21)10-14(22)7-11/h6-10,21-24H,4-5H2,1-3H3. The Morgan fingerprint density at radius 2 is 1.65 bits per heavy atom. The maximum absolute atomic E-state index is 10.3. The molecule has 0 aliphatic carbocycles. The summed E-state index contributed by atoms with van der Waals surface area (Å²) >= 11 is 0. The zero-order valence-corrected chi connectivity index (χ0v) is 14.9. The molecule has 2 aromatic carbocycles. The van der Waals surface area contributed by atoms with Crippen LogP contribution in [0.25, 0.3) is 22.3 Å². The van der Waals surface area contributed by atoms with E-state index >= 15 is 0 Å². The van der Waals surface area contributed by atoms with Gasteiger partial charge in [-0.15, -0.1) is 0 Å².